The van der Waals surface area contributed by atoms with Gasteiger partial charge in [-0.2, -0.15) is 5.10 Å². The number of nitrogen functional groups attached to an aromatic ring is 1. The van der Waals surface area contributed by atoms with Crippen LogP contribution in [0.4, 0.5) is 20.3 Å². The molecule has 2 atom stereocenters. The number of hydrogen-bond donors (Lipinski definition) is 3. The van der Waals surface area contributed by atoms with Crippen molar-refractivity contribution >= 4 is 29.0 Å². The van der Waals surface area contributed by atoms with Crippen molar-refractivity contribution < 1.29 is 18.7 Å². The number of rotatable bonds is 4. The highest BCUT2D eigenvalue weighted by molar-refractivity contribution is 6.31. The number of aryl methyl sites for hydroxylation is 1. The van der Waals surface area contributed by atoms with Crippen molar-refractivity contribution in [2.75, 3.05) is 11.1 Å². The second kappa shape index (κ2) is 8.36. The molecule has 178 valence electrons. The lowest BCUT2D eigenvalue weighted by Gasteiger charge is -2.25. The number of amides is 1. The molecule has 2 fully saturated rings. The molecular formula is C25H25ClF2N4O2. The molecule has 1 aromatic heterocycles. The van der Waals surface area contributed by atoms with Crippen molar-refractivity contribution in [3.8, 4) is 0 Å². The zero-order valence-electron chi connectivity index (χ0n) is 18.6. The summed E-state index contributed by atoms with van der Waals surface area (Å²) in [5.74, 6) is -0.533. The predicted molar refractivity (Wildman–Crippen MR) is 125 cm³/mol. The van der Waals surface area contributed by atoms with Gasteiger partial charge in [-0.1, -0.05) is 23.7 Å². The fourth-order valence-corrected chi connectivity index (χ4v) is 5.91. The maximum absolute atomic E-state index is 13.5. The Kier molecular flexibility index (Phi) is 5.61. The van der Waals surface area contributed by atoms with Gasteiger partial charge in [0.05, 0.1) is 16.3 Å². The molecule has 9 heteroatoms. The average Bonchev–Trinajstić information content (AvgIpc) is 3.41. The van der Waals surface area contributed by atoms with Crippen LogP contribution in [-0.2, 0) is 12.6 Å². The number of benzene rings is 2. The van der Waals surface area contributed by atoms with E-state index in [9.17, 15) is 18.7 Å². The topological polar surface area (TPSA) is 93.2 Å². The van der Waals surface area contributed by atoms with Crippen LogP contribution in [0.25, 0.3) is 0 Å². The van der Waals surface area contributed by atoms with Crippen molar-refractivity contribution in [1.29, 1.82) is 0 Å². The first-order valence-corrected chi connectivity index (χ1v) is 11.6. The molecule has 0 aliphatic heterocycles. The lowest BCUT2D eigenvalue weighted by molar-refractivity contribution is 0.0344. The van der Waals surface area contributed by atoms with Crippen LogP contribution in [-0.4, -0.2) is 20.8 Å². The molecule has 0 radical (unpaired) electrons. The zero-order valence-corrected chi connectivity index (χ0v) is 19.3. The summed E-state index contributed by atoms with van der Waals surface area (Å²) in [6.45, 7) is 0. The molecular weight excluding hydrogens is 462 g/mol. The Labute approximate surface area is 200 Å². The quantitative estimate of drug-likeness (QED) is 0.485. The molecule has 2 aromatic carbocycles. The van der Waals surface area contributed by atoms with Gasteiger partial charge < -0.3 is 16.2 Å². The van der Waals surface area contributed by atoms with E-state index in [4.69, 9.17) is 17.3 Å². The van der Waals surface area contributed by atoms with Gasteiger partial charge in [0.15, 0.2) is 0 Å². The Hall–Kier alpha value is -2.97. The SMILES string of the molecule is Cn1nc(C2CC3CC(O)(c4ccc(F)cc4)CC3C2)c(C(=O)Nc2ccc(F)c(Cl)c2)c1N. The van der Waals surface area contributed by atoms with Gasteiger partial charge in [0.2, 0.25) is 0 Å². The highest BCUT2D eigenvalue weighted by Crippen LogP contribution is 2.57. The number of aromatic nitrogens is 2. The van der Waals surface area contributed by atoms with Gasteiger partial charge in [-0.25, -0.2) is 8.78 Å². The third-order valence-corrected chi connectivity index (χ3v) is 7.62. The summed E-state index contributed by atoms with van der Waals surface area (Å²) in [4.78, 5) is 13.1. The minimum atomic E-state index is -0.973. The van der Waals surface area contributed by atoms with Crippen LogP contribution in [0.15, 0.2) is 42.5 Å². The van der Waals surface area contributed by atoms with Crippen molar-refractivity contribution in [1.82, 2.24) is 9.78 Å². The summed E-state index contributed by atoms with van der Waals surface area (Å²) in [6.07, 6.45) is 2.70. The molecule has 5 rings (SSSR count). The van der Waals surface area contributed by atoms with E-state index >= 15 is 0 Å². The van der Waals surface area contributed by atoms with E-state index in [1.807, 2.05) is 0 Å². The molecule has 0 spiro atoms. The number of hydrogen-bond acceptors (Lipinski definition) is 4. The molecule has 0 bridgehead atoms. The molecule has 3 aromatic rings. The smallest absolute Gasteiger partial charge is 0.261 e. The van der Waals surface area contributed by atoms with Gasteiger partial charge in [0.25, 0.3) is 5.91 Å². The predicted octanol–water partition coefficient (Wildman–Crippen LogP) is 4.98. The Morgan fingerprint density at radius 1 is 1.18 bits per heavy atom. The number of carbonyl (C=O) groups is 1. The van der Waals surface area contributed by atoms with Crippen molar-refractivity contribution in [3.63, 3.8) is 0 Å². The van der Waals surface area contributed by atoms with Gasteiger partial charge >= 0.3 is 0 Å². The van der Waals surface area contributed by atoms with Crippen LogP contribution in [0.5, 0.6) is 0 Å². The summed E-state index contributed by atoms with van der Waals surface area (Å²) >= 11 is 5.84. The zero-order chi connectivity index (χ0) is 24.2. The Morgan fingerprint density at radius 2 is 1.82 bits per heavy atom. The molecule has 1 heterocycles. The molecule has 2 aliphatic rings. The second-order valence-corrected chi connectivity index (χ2v) is 9.89. The van der Waals surface area contributed by atoms with Gasteiger partial charge in [-0.15, -0.1) is 0 Å². The van der Waals surface area contributed by atoms with Crippen LogP contribution in [0.2, 0.25) is 5.02 Å². The molecule has 4 N–H and O–H groups in total. The lowest BCUT2D eigenvalue weighted by Crippen LogP contribution is -2.23. The summed E-state index contributed by atoms with van der Waals surface area (Å²) in [5.41, 5.74) is 7.27. The van der Waals surface area contributed by atoms with Crippen LogP contribution < -0.4 is 11.1 Å². The standard InChI is InChI=1S/C25H25ClF2N4O2/c1-32-23(29)21(24(33)30-18-6-7-20(28)19(26)10-18)22(31-32)13-8-14-11-25(34,12-15(14)9-13)16-2-4-17(27)5-3-16/h2-7,10,13-15,34H,8-9,11-12,29H2,1H3,(H,30,33). The Bertz CT molecular complexity index is 1250. The summed E-state index contributed by atoms with van der Waals surface area (Å²) < 4.78 is 28.3. The monoisotopic (exact) mass is 486 g/mol. The first-order chi connectivity index (χ1) is 16.1. The maximum Gasteiger partial charge on any atom is 0.261 e. The number of halogens is 3. The molecule has 6 nitrogen and oxygen atoms in total. The lowest BCUT2D eigenvalue weighted by atomic mass is 9.87. The van der Waals surface area contributed by atoms with Crippen LogP contribution >= 0.6 is 11.6 Å². The molecule has 2 aliphatic carbocycles. The summed E-state index contributed by atoms with van der Waals surface area (Å²) in [5, 5.41) is 18.5. The average molecular weight is 487 g/mol. The number of nitrogens with two attached hydrogens (primary N) is 1. The van der Waals surface area contributed by atoms with Crippen molar-refractivity contribution in [2.24, 2.45) is 18.9 Å². The van der Waals surface area contributed by atoms with Crippen LogP contribution in [0.1, 0.15) is 53.2 Å². The third kappa shape index (κ3) is 3.95. The Morgan fingerprint density at radius 3 is 2.44 bits per heavy atom. The largest absolute Gasteiger partial charge is 0.385 e. The number of fused-ring (bicyclic) bond motifs is 1. The van der Waals surface area contributed by atoms with Gasteiger partial charge in [-0.3, -0.25) is 9.48 Å². The summed E-state index contributed by atoms with van der Waals surface area (Å²) in [7, 11) is 1.69. The van der Waals surface area contributed by atoms with Crippen molar-refractivity contribution in [3.05, 3.63) is 75.9 Å². The third-order valence-electron chi connectivity index (χ3n) is 7.33. The van der Waals surface area contributed by atoms with Gasteiger partial charge in [-0.05, 0) is 73.4 Å². The van der Waals surface area contributed by atoms with E-state index in [-0.39, 0.29) is 34.4 Å². The fourth-order valence-electron chi connectivity index (χ4n) is 5.73. The molecule has 34 heavy (non-hydrogen) atoms. The number of anilines is 2. The number of aliphatic hydroxyl groups is 1. The molecule has 2 saturated carbocycles. The number of nitrogens with zero attached hydrogens (tertiary/aromatic N) is 2. The van der Waals surface area contributed by atoms with Gasteiger partial charge in [0.1, 0.15) is 23.0 Å². The van der Waals surface area contributed by atoms with Crippen LogP contribution in [0, 0.1) is 23.5 Å². The minimum Gasteiger partial charge on any atom is -0.385 e. The first kappa shape index (κ1) is 22.8. The normalized spacial score (nSPS) is 26.0. The van der Waals surface area contributed by atoms with E-state index in [1.165, 1.54) is 35.0 Å². The highest BCUT2D eigenvalue weighted by Gasteiger charge is 2.50. The minimum absolute atomic E-state index is 0.0221. The van der Waals surface area contributed by atoms with E-state index in [0.29, 0.717) is 29.8 Å². The Balaban J connectivity index is 1.35. The van der Waals surface area contributed by atoms with E-state index in [2.05, 4.69) is 10.4 Å². The van der Waals surface area contributed by atoms with E-state index in [0.717, 1.165) is 18.4 Å². The molecule has 1 amide bonds. The summed E-state index contributed by atoms with van der Waals surface area (Å²) in [6, 6.07) is 10.0. The maximum atomic E-state index is 13.5. The van der Waals surface area contributed by atoms with E-state index < -0.39 is 17.3 Å². The van der Waals surface area contributed by atoms with E-state index in [1.54, 1.807) is 19.2 Å². The fraction of sp³-hybridized carbons (Fsp3) is 0.360. The second-order valence-electron chi connectivity index (χ2n) is 9.49. The first-order valence-electron chi connectivity index (χ1n) is 11.2. The molecule has 2 unspecified atom stereocenters. The molecule has 0 saturated heterocycles. The van der Waals surface area contributed by atoms with Gasteiger partial charge in [0, 0.05) is 18.7 Å². The van der Waals surface area contributed by atoms with Crippen molar-refractivity contribution in [2.45, 2.75) is 37.2 Å². The number of nitrogens with one attached hydrogen (secondary N) is 1. The van der Waals surface area contributed by atoms with Crippen LogP contribution in [0.3, 0.4) is 0 Å². The highest BCUT2D eigenvalue weighted by atomic mass is 35.5. The number of carbonyl (C=O) groups excluding carboxylic acids is 1.